The number of urea groups is 1. The molecule has 3 N–H and O–H groups in total. The summed E-state index contributed by atoms with van der Waals surface area (Å²) in [5.41, 5.74) is 6.26. The average Bonchev–Trinajstić information content (AvgIpc) is 2.41. The maximum Gasteiger partial charge on any atom is 0.337 e. The highest BCUT2D eigenvalue weighted by Crippen LogP contribution is 2.13. The Morgan fingerprint density at radius 1 is 0.947 bits per heavy atom. The van der Waals surface area contributed by atoms with Crippen molar-refractivity contribution in [1.29, 1.82) is 0 Å². The Hall–Kier alpha value is -2.27. The molecule has 0 unspecified atom stereocenters. The van der Waals surface area contributed by atoms with Gasteiger partial charge in [0.25, 0.3) is 0 Å². The molecular formula is C13H11ClFN3O. The normalized spacial score (nSPS) is 9.79. The van der Waals surface area contributed by atoms with E-state index in [-0.39, 0.29) is 5.82 Å². The first kappa shape index (κ1) is 13.2. The number of benzene rings is 2. The predicted octanol–water partition coefficient (Wildman–Crippen LogP) is 3.63. The number of halogens is 2. The number of carbonyl (C=O) groups excluding carboxylic acids is 1. The van der Waals surface area contributed by atoms with Crippen LogP contribution in [-0.4, -0.2) is 6.03 Å². The molecule has 4 nitrogen and oxygen atoms in total. The number of hydrazine groups is 1. The minimum Gasteiger partial charge on any atom is -0.307 e. The topological polar surface area (TPSA) is 53.2 Å². The summed E-state index contributed by atoms with van der Waals surface area (Å²) >= 11 is 5.73. The molecule has 2 aromatic carbocycles. The third kappa shape index (κ3) is 4.15. The van der Waals surface area contributed by atoms with E-state index in [1.54, 1.807) is 24.3 Å². The second-order valence-corrected chi connectivity index (χ2v) is 4.15. The van der Waals surface area contributed by atoms with E-state index in [1.807, 2.05) is 0 Å². The van der Waals surface area contributed by atoms with Crippen molar-refractivity contribution < 1.29 is 9.18 Å². The van der Waals surface area contributed by atoms with Crippen LogP contribution in [0.1, 0.15) is 0 Å². The molecular weight excluding hydrogens is 269 g/mol. The molecule has 0 radical (unpaired) electrons. The second-order valence-electron chi connectivity index (χ2n) is 3.72. The molecule has 0 aromatic heterocycles. The zero-order valence-electron chi connectivity index (χ0n) is 9.78. The first-order valence-electron chi connectivity index (χ1n) is 5.47. The van der Waals surface area contributed by atoms with Crippen molar-refractivity contribution in [3.05, 3.63) is 59.4 Å². The second kappa shape index (κ2) is 6.06. The van der Waals surface area contributed by atoms with Crippen LogP contribution in [0.25, 0.3) is 0 Å². The van der Waals surface area contributed by atoms with Gasteiger partial charge >= 0.3 is 6.03 Å². The summed E-state index contributed by atoms with van der Waals surface area (Å²) in [5.74, 6) is -0.337. The molecule has 2 rings (SSSR count). The summed E-state index contributed by atoms with van der Waals surface area (Å²) in [4.78, 5) is 11.5. The molecule has 6 heteroatoms. The van der Waals surface area contributed by atoms with Crippen molar-refractivity contribution in [2.75, 3.05) is 10.7 Å². The number of carbonyl (C=O) groups is 1. The van der Waals surface area contributed by atoms with Gasteiger partial charge in [-0.25, -0.2) is 9.18 Å². The van der Waals surface area contributed by atoms with Gasteiger partial charge < -0.3 is 5.32 Å². The fourth-order valence-corrected chi connectivity index (χ4v) is 1.48. The summed E-state index contributed by atoms with van der Waals surface area (Å²) in [6, 6.07) is 11.9. The molecule has 0 aliphatic carbocycles. The van der Waals surface area contributed by atoms with Crippen molar-refractivity contribution in [1.82, 2.24) is 5.43 Å². The van der Waals surface area contributed by atoms with Crippen LogP contribution < -0.4 is 16.2 Å². The Labute approximate surface area is 114 Å². The summed E-state index contributed by atoms with van der Waals surface area (Å²) < 4.78 is 12.7. The number of anilines is 2. The fraction of sp³-hybridized carbons (Fsp3) is 0. The van der Waals surface area contributed by atoms with Gasteiger partial charge in [-0.1, -0.05) is 11.6 Å². The molecule has 0 aliphatic heterocycles. The number of rotatable bonds is 3. The molecule has 0 bridgehead atoms. The minimum atomic E-state index is -0.438. The lowest BCUT2D eigenvalue weighted by atomic mass is 10.3. The van der Waals surface area contributed by atoms with E-state index in [9.17, 15) is 9.18 Å². The van der Waals surface area contributed by atoms with Gasteiger partial charge in [0, 0.05) is 10.7 Å². The van der Waals surface area contributed by atoms with Gasteiger partial charge in [0.15, 0.2) is 0 Å². The van der Waals surface area contributed by atoms with Crippen LogP contribution in [0.4, 0.5) is 20.6 Å². The molecule has 0 atom stereocenters. The van der Waals surface area contributed by atoms with Crippen molar-refractivity contribution >= 4 is 29.0 Å². The smallest absolute Gasteiger partial charge is 0.307 e. The van der Waals surface area contributed by atoms with E-state index in [4.69, 9.17) is 11.6 Å². The summed E-state index contributed by atoms with van der Waals surface area (Å²) in [5, 5.41) is 3.20. The molecule has 0 aliphatic rings. The van der Waals surface area contributed by atoms with Gasteiger partial charge in [-0.05, 0) is 48.5 Å². The summed E-state index contributed by atoms with van der Waals surface area (Å²) in [7, 11) is 0. The quantitative estimate of drug-likeness (QED) is 0.752. The average molecular weight is 280 g/mol. The van der Waals surface area contributed by atoms with Gasteiger partial charge in [-0.3, -0.25) is 10.9 Å². The third-order valence-electron chi connectivity index (χ3n) is 2.27. The van der Waals surface area contributed by atoms with E-state index in [0.29, 0.717) is 16.4 Å². The summed E-state index contributed by atoms with van der Waals surface area (Å²) in [6.07, 6.45) is 0. The lowest BCUT2D eigenvalue weighted by Crippen LogP contribution is -2.33. The zero-order chi connectivity index (χ0) is 13.7. The highest BCUT2D eigenvalue weighted by Gasteiger charge is 2.01. The van der Waals surface area contributed by atoms with Crippen LogP contribution in [0.5, 0.6) is 0 Å². The maximum atomic E-state index is 12.7. The van der Waals surface area contributed by atoms with Crippen molar-refractivity contribution in [3.63, 3.8) is 0 Å². The molecule has 2 aromatic rings. The SMILES string of the molecule is O=C(NNc1ccc(F)cc1)Nc1ccc(Cl)cc1. The number of nitrogens with one attached hydrogen (secondary N) is 3. The first-order valence-corrected chi connectivity index (χ1v) is 5.85. The Kier molecular flexibility index (Phi) is 4.20. The lowest BCUT2D eigenvalue weighted by Gasteiger charge is -2.09. The lowest BCUT2D eigenvalue weighted by molar-refractivity contribution is 0.254. The molecule has 0 fully saturated rings. The van der Waals surface area contributed by atoms with Crippen molar-refractivity contribution in [3.8, 4) is 0 Å². The number of hydrogen-bond acceptors (Lipinski definition) is 2. The minimum absolute atomic E-state index is 0.337. The molecule has 0 saturated carbocycles. The summed E-state index contributed by atoms with van der Waals surface area (Å²) in [6.45, 7) is 0. The van der Waals surface area contributed by atoms with Gasteiger partial charge in [0.05, 0.1) is 5.69 Å². The van der Waals surface area contributed by atoms with E-state index in [1.165, 1.54) is 24.3 Å². The van der Waals surface area contributed by atoms with E-state index in [2.05, 4.69) is 16.2 Å². The molecule has 2 amide bonds. The molecule has 0 saturated heterocycles. The Morgan fingerprint density at radius 2 is 1.53 bits per heavy atom. The van der Waals surface area contributed by atoms with Crippen LogP contribution in [-0.2, 0) is 0 Å². The predicted molar refractivity (Wildman–Crippen MR) is 73.6 cm³/mol. The van der Waals surface area contributed by atoms with Crippen molar-refractivity contribution in [2.45, 2.75) is 0 Å². The zero-order valence-corrected chi connectivity index (χ0v) is 10.5. The van der Waals surface area contributed by atoms with E-state index < -0.39 is 6.03 Å². The third-order valence-corrected chi connectivity index (χ3v) is 2.52. The Balaban J connectivity index is 1.84. The van der Waals surface area contributed by atoms with E-state index >= 15 is 0 Å². The van der Waals surface area contributed by atoms with Gasteiger partial charge in [0.2, 0.25) is 0 Å². The monoisotopic (exact) mass is 279 g/mol. The number of hydrogen-bond donors (Lipinski definition) is 3. The van der Waals surface area contributed by atoms with Gasteiger partial charge in [-0.15, -0.1) is 0 Å². The number of amides is 2. The molecule has 98 valence electrons. The molecule has 0 spiro atoms. The fourth-order valence-electron chi connectivity index (χ4n) is 1.36. The highest BCUT2D eigenvalue weighted by molar-refractivity contribution is 6.30. The standard InChI is InChI=1S/C13H11ClFN3O/c14-9-1-5-11(6-2-9)16-13(19)18-17-12-7-3-10(15)4-8-12/h1-8,17H,(H2,16,18,19). The van der Waals surface area contributed by atoms with Gasteiger partial charge in [-0.2, -0.15) is 0 Å². The van der Waals surface area contributed by atoms with Crippen LogP contribution in [0.2, 0.25) is 5.02 Å². The Bertz CT molecular complexity index is 557. The van der Waals surface area contributed by atoms with Crippen LogP contribution >= 0.6 is 11.6 Å². The molecule has 0 heterocycles. The largest absolute Gasteiger partial charge is 0.337 e. The Morgan fingerprint density at radius 3 is 2.16 bits per heavy atom. The van der Waals surface area contributed by atoms with Gasteiger partial charge in [0.1, 0.15) is 5.82 Å². The van der Waals surface area contributed by atoms with Crippen LogP contribution in [0.3, 0.4) is 0 Å². The first-order chi connectivity index (χ1) is 9.13. The van der Waals surface area contributed by atoms with Crippen LogP contribution in [0.15, 0.2) is 48.5 Å². The molecule has 19 heavy (non-hydrogen) atoms. The van der Waals surface area contributed by atoms with E-state index in [0.717, 1.165) is 0 Å². The van der Waals surface area contributed by atoms with Crippen molar-refractivity contribution in [2.24, 2.45) is 0 Å². The highest BCUT2D eigenvalue weighted by atomic mass is 35.5. The maximum absolute atomic E-state index is 12.7. The van der Waals surface area contributed by atoms with Crippen LogP contribution in [0, 0.1) is 5.82 Å².